The minimum Gasteiger partial charge on any atom is -0.297 e. The Hall–Kier alpha value is -1.82. The van der Waals surface area contributed by atoms with Gasteiger partial charge in [-0.1, -0.05) is 12.1 Å². The van der Waals surface area contributed by atoms with E-state index in [1.165, 1.54) is 17.1 Å². The third-order valence-electron chi connectivity index (χ3n) is 4.45. The predicted molar refractivity (Wildman–Crippen MR) is 70.9 cm³/mol. The molecule has 6 heteroatoms. The lowest BCUT2D eigenvalue weighted by Crippen LogP contribution is -2.62. The predicted octanol–water partition coefficient (Wildman–Crippen LogP) is 2.04. The van der Waals surface area contributed by atoms with Crippen molar-refractivity contribution in [3.05, 3.63) is 35.4 Å². The molecule has 0 bridgehead atoms. The number of fused-ring (bicyclic) bond motifs is 1. The molecule has 0 aromatic heterocycles. The minimum absolute atomic E-state index is 0.0503. The van der Waals surface area contributed by atoms with Gasteiger partial charge in [0, 0.05) is 12.1 Å². The summed E-state index contributed by atoms with van der Waals surface area (Å²) in [5, 5.41) is 3.11. The summed E-state index contributed by atoms with van der Waals surface area (Å²) in [6, 6.07) is 3.91. The molecule has 2 aliphatic rings. The van der Waals surface area contributed by atoms with Crippen LogP contribution in [-0.4, -0.2) is 33.8 Å². The van der Waals surface area contributed by atoms with Gasteiger partial charge in [0.25, 0.3) is 0 Å². The van der Waals surface area contributed by atoms with E-state index in [1.54, 1.807) is 5.01 Å². The third-order valence-corrected chi connectivity index (χ3v) is 4.45. The molecule has 2 aliphatic heterocycles. The fourth-order valence-electron chi connectivity index (χ4n) is 3.18. The van der Waals surface area contributed by atoms with Crippen LogP contribution in [-0.2, 0) is 16.1 Å². The Morgan fingerprint density at radius 1 is 1.29 bits per heavy atom. The number of hydrogen-bond acceptors (Lipinski definition) is 3. The number of hydrogen-bond donors (Lipinski definition) is 0. The van der Waals surface area contributed by atoms with Crippen molar-refractivity contribution < 1.29 is 18.4 Å². The lowest BCUT2D eigenvalue weighted by atomic mass is 9.90. The normalized spacial score (nSPS) is 26.3. The Morgan fingerprint density at radius 2 is 2.05 bits per heavy atom. The number of benzene rings is 1. The molecule has 0 spiro atoms. The van der Waals surface area contributed by atoms with Crippen LogP contribution in [0.2, 0.25) is 0 Å². The zero-order chi connectivity index (χ0) is 15.2. The number of hydrazine groups is 1. The average molecular weight is 294 g/mol. The van der Waals surface area contributed by atoms with Crippen molar-refractivity contribution in [3.8, 4) is 0 Å². The van der Waals surface area contributed by atoms with E-state index in [-0.39, 0.29) is 30.2 Å². The number of amides is 1. The first-order chi connectivity index (χ1) is 9.93. The van der Waals surface area contributed by atoms with Gasteiger partial charge in [0.05, 0.1) is 18.5 Å². The second kappa shape index (κ2) is 4.87. The highest BCUT2D eigenvalue weighted by Crippen LogP contribution is 2.36. The third kappa shape index (κ3) is 2.14. The smallest absolute Gasteiger partial charge is 0.244 e. The van der Waals surface area contributed by atoms with Gasteiger partial charge < -0.3 is 0 Å². The van der Waals surface area contributed by atoms with Gasteiger partial charge in [-0.05, 0) is 25.8 Å². The maximum Gasteiger partial charge on any atom is 0.244 e. The monoisotopic (exact) mass is 294 g/mol. The zero-order valence-electron chi connectivity index (χ0n) is 11.7. The fraction of sp³-hybridized carbons (Fsp3) is 0.467. The fourth-order valence-corrected chi connectivity index (χ4v) is 3.18. The molecule has 4 nitrogen and oxygen atoms in total. The Labute approximate surface area is 121 Å². The van der Waals surface area contributed by atoms with Crippen molar-refractivity contribution in [2.75, 3.05) is 6.54 Å². The minimum atomic E-state index is -0.942. The highest BCUT2D eigenvalue weighted by molar-refractivity contribution is 6.04. The molecule has 0 unspecified atom stereocenters. The lowest BCUT2D eigenvalue weighted by Gasteiger charge is -2.45. The SMILES string of the molecule is C[C@]12CCCN1N(Cc1cccc(F)c1F)C(=O)CC2=O. The van der Waals surface area contributed by atoms with Crippen molar-refractivity contribution in [2.24, 2.45) is 0 Å². The molecule has 112 valence electrons. The van der Waals surface area contributed by atoms with Crippen LogP contribution in [0.5, 0.6) is 0 Å². The van der Waals surface area contributed by atoms with Crippen LogP contribution in [0.4, 0.5) is 8.78 Å². The summed E-state index contributed by atoms with van der Waals surface area (Å²) >= 11 is 0. The topological polar surface area (TPSA) is 40.6 Å². The summed E-state index contributed by atoms with van der Waals surface area (Å²) in [6.45, 7) is 2.33. The molecule has 2 fully saturated rings. The molecule has 2 saturated heterocycles. The molecule has 1 aromatic carbocycles. The number of nitrogens with zero attached hydrogens (tertiary/aromatic N) is 2. The second-order valence-electron chi connectivity index (χ2n) is 5.76. The van der Waals surface area contributed by atoms with E-state index in [1.807, 2.05) is 6.92 Å². The van der Waals surface area contributed by atoms with Gasteiger partial charge in [-0.25, -0.2) is 13.8 Å². The molecular formula is C15H16F2N2O2. The molecule has 1 atom stereocenters. The van der Waals surface area contributed by atoms with Crippen molar-refractivity contribution in [3.63, 3.8) is 0 Å². The largest absolute Gasteiger partial charge is 0.297 e. The van der Waals surface area contributed by atoms with Crippen molar-refractivity contribution in [2.45, 2.75) is 38.3 Å². The number of ketones is 1. The zero-order valence-corrected chi connectivity index (χ0v) is 11.7. The van der Waals surface area contributed by atoms with E-state index in [0.717, 1.165) is 12.5 Å². The van der Waals surface area contributed by atoms with Crippen LogP contribution in [0.3, 0.4) is 0 Å². The Bertz CT molecular complexity index is 620. The number of carbonyl (C=O) groups is 2. The Balaban J connectivity index is 1.92. The van der Waals surface area contributed by atoms with Crippen molar-refractivity contribution >= 4 is 11.7 Å². The van der Waals surface area contributed by atoms with E-state index < -0.39 is 17.2 Å². The molecule has 0 N–H and O–H groups in total. The van der Waals surface area contributed by atoms with Crippen LogP contribution in [0.15, 0.2) is 18.2 Å². The maximum absolute atomic E-state index is 13.8. The molecule has 0 saturated carbocycles. The molecule has 1 aromatic rings. The Kier molecular flexibility index (Phi) is 3.28. The van der Waals surface area contributed by atoms with Crippen LogP contribution >= 0.6 is 0 Å². The van der Waals surface area contributed by atoms with Gasteiger partial charge >= 0.3 is 0 Å². The second-order valence-corrected chi connectivity index (χ2v) is 5.76. The first-order valence-electron chi connectivity index (χ1n) is 6.97. The number of Topliss-reactive ketones (excluding diaryl/α,β-unsaturated/α-hetero) is 1. The molecule has 21 heavy (non-hydrogen) atoms. The number of carbonyl (C=O) groups excluding carboxylic acids is 2. The first-order valence-corrected chi connectivity index (χ1v) is 6.97. The van der Waals surface area contributed by atoms with Crippen LogP contribution in [0.25, 0.3) is 0 Å². The average Bonchev–Trinajstić information content (AvgIpc) is 2.83. The first kappa shape index (κ1) is 14.1. The molecular weight excluding hydrogens is 278 g/mol. The van der Waals surface area contributed by atoms with Crippen LogP contribution < -0.4 is 0 Å². The highest BCUT2D eigenvalue weighted by Gasteiger charge is 2.51. The van der Waals surface area contributed by atoms with Gasteiger partial charge in [0.15, 0.2) is 17.4 Å². The van der Waals surface area contributed by atoms with Gasteiger partial charge in [0.2, 0.25) is 5.91 Å². The Morgan fingerprint density at radius 3 is 2.81 bits per heavy atom. The van der Waals surface area contributed by atoms with Crippen molar-refractivity contribution in [1.82, 2.24) is 10.0 Å². The molecule has 0 radical (unpaired) electrons. The summed E-state index contributed by atoms with van der Waals surface area (Å²) in [5.41, 5.74) is -0.579. The number of rotatable bonds is 2. The van der Waals surface area contributed by atoms with E-state index in [9.17, 15) is 18.4 Å². The standard InChI is InChI=1S/C15H16F2N2O2/c1-15-6-3-7-19(15)18(13(21)8-12(15)20)9-10-4-2-5-11(16)14(10)17/h2,4-5H,3,6-9H2,1H3/t15-/m1/s1. The van der Waals surface area contributed by atoms with E-state index >= 15 is 0 Å². The van der Waals surface area contributed by atoms with Gasteiger partial charge in [0.1, 0.15) is 0 Å². The highest BCUT2D eigenvalue weighted by atomic mass is 19.2. The lowest BCUT2D eigenvalue weighted by molar-refractivity contribution is -0.176. The van der Waals surface area contributed by atoms with Gasteiger partial charge in [-0.15, -0.1) is 0 Å². The summed E-state index contributed by atoms with van der Waals surface area (Å²) < 4.78 is 27.1. The number of halogens is 2. The van der Waals surface area contributed by atoms with Crippen LogP contribution in [0, 0.1) is 11.6 Å². The maximum atomic E-state index is 13.8. The summed E-state index contributed by atoms with van der Waals surface area (Å²) in [5.74, 6) is -2.33. The summed E-state index contributed by atoms with van der Waals surface area (Å²) in [6.07, 6.45) is 1.31. The van der Waals surface area contributed by atoms with Crippen molar-refractivity contribution in [1.29, 1.82) is 0 Å². The van der Waals surface area contributed by atoms with E-state index in [2.05, 4.69) is 0 Å². The van der Waals surface area contributed by atoms with Gasteiger partial charge in [-0.2, -0.15) is 0 Å². The molecule has 1 amide bonds. The quantitative estimate of drug-likeness (QED) is 0.784. The van der Waals surface area contributed by atoms with E-state index in [0.29, 0.717) is 13.0 Å². The summed E-state index contributed by atoms with van der Waals surface area (Å²) in [4.78, 5) is 24.2. The van der Waals surface area contributed by atoms with Crippen LogP contribution in [0.1, 0.15) is 31.7 Å². The molecule has 0 aliphatic carbocycles. The van der Waals surface area contributed by atoms with Gasteiger partial charge in [-0.3, -0.25) is 14.6 Å². The summed E-state index contributed by atoms with van der Waals surface area (Å²) in [7, 11) is 0. The molecule has 2 heterocycles. The van der Waals surface area contributed by atoms with E-state index in [4.69, 9.17) is 0 Å². The molecule has 3 rings (SSSR count).